The fourth-order valence-corrected chi connectivity index (χ4v) is 4.76. The quantitative estimate of drug-likeness (QED) is 0.780. The van der Waals surface area contributed by atoms with Crippen LogP contribution in [0.5, 0.6) is 0 Å². The first-order valence-corrected chi connectivity index (χ1v) is 7.75. The minimum atomic E-state index is 0.290. The van der Waals surface area contributed by atoms with E-state index in [9.17, 15) is 0 Å². The molecule has 0 aliphatic heterocycles. The zero-order chi connectivity index (χ0) is 12.1. The lowest BCUT2D eigenvalue weighted by molar-refractivity contribution is 0.0180. The van der Waals surface area contributed by atoms with Gasteiger partial charge in [-0.1, -0.05) is 12.8 Å². The van der Waals surface area contributed by atoms with Crippen molar-refractivity contribution in [1.82, 2.24) is 5.32 Å². The molecule has 0 spiro atoms. The lowest BCUT2D eigenvalue weighted by Gasteiger charge is -2.49. The molecular weight excluding hydrogens is 206 g/mol. The molecule has 3 rings (SSSR count). The average molecular weight is 235 g/mol. The Morgan fingerprint density at radius 1 is 1.06 bits per heavy atom. The fourth-order valence-electron chi connectivity index (χ4n) is 4.76. The van der Waals surface area contributed by atoms with Crippen molar-refractivity contribution in [2.24, 2.45) is 23.2 Å². The van der Waals surface area contributed by atoms with Crippen molar-refractivity contribution in [2.45, 2.75) is 71.3 Å². The van der Waals surface area contributed by atoms with Crippen molar-refractivity contribution < 1.29 is 0 Å². The van der Waals surface area contributed by atoms with Crippen LogP contribution in [0.3, 0.4) is 0 Å². The highest BCUT2D eigenvalue weighted by Crippen LogP contribution is 2.62. The molecule has 1 heteroatoms. The monoisotopic (exact) mass is 235 g/mol. The van der Waals surface area contributed by atoms with Gasteiger partial charge in [-0.05, 0) is 76.0 Å². The van der Waals surface area contributed by atoms with Gasteiger partial charge in [0, 0.05) is 12.1 Å². The number of fused-ring (bicyclic) bond motifs is 2. The highest BCUT2D eigenvalue weighted by molar-refractivity contribution is 5.06. The van der Waals surface area contributed by atoms with E-state index in [4.69, 9.17) is 0 Å². The normalized spacial score (nSPS) is 41.8. The molecule has 2 bridgehead atoms. The molecule has 3 fully saturated rings. The Labute approximate surface area is 107 Å². The first-order chi connectivity index (χ1) is 8.00. The van der Waals surface area contributed by atoms with Gasteiger partial charge in [0.1, 0.15) is 0 Å². The molecule has 17 heavy (non-hydrogen) atoms. The second-order valence-corrected chi connectivity index (χ2v) is 8.04. The molecule has 0 aromatic heterocycles. The summed E-state index contributed by atoms with van der Waals surface area (Å²) in [7, 11) is 0. The van der Waals surface area contributed by atoms with E-state index in [1.807, 2.05) is 0 Å². The number of hydrogen-bond acceptors (Lipinski definition) is 1. The van der Waals surface area contributed by atoms with Crippen LogP contribution in [0.15, 0.2) is 0 Å². The van der Waals surface area contributed by atoms with Crippen LogP contribution in [0.25, 0.3) is 0 Å². The molecule has 1 nitrogen and oxygen atoms in total. The molecular formula is C16H29N. The van der Waals surface area contributed by atoms with Gasteiger partial charge in [0.2, 0.25) is 0 Å². The van der Waals surface area contributed by atoms with E-state index in [0.29, 0.717) is 11.0 Å². The van der Waals surface area contributed by atoms with Gasteiger partial charge < -0.3 is 5.32 Å². The Kier molecular flexibility index (Phi) is 2.81. The third-order valence-corrected chi connectivity index (χ3v) is 5.89. The SMILES string of the molecule is CC(C)(C)NCC1(C2CCC2)CC2CCC1C2. The van der Waals surface area contributed by atoms with Gasteiger partial charge in [-0.25, -0.2) is 0 Å². The molecule has 0 aromatic carbocycles. The first kappa shape index (κ1) is 12.0. The number of rotatable bonds is 3. The molecule has 3 unspecified atom stereocenters. The van der Waals surface area contributed by atoms with Gasteiger partial charge in [0.15, 0.2) is 0 Å². The summed E-state index contributed by atoms with van der Waals surface area (Å²) in [4.78, 5) is 0. The molecule has 0 radical (unpaired) electrons. The van der Waals surface area contributed by atoms with E-state index < -0.39 is 0 Å². The van der Waals surface area contributed by atoms with Gasteiger partial charge >= 0.3 is 0 Å². The van der Waals surface area contributed by atoms with Crippen molar-refractivity contribution >= 4 is 0 Å². The molecule has 3 saturated carbocycles. The molecule has 3 aliphatic carbocycles. The Morgan fingerprint density at radius 2 is 1.82 bits per heavy atom. The van der Waals surface area contributed by atoms with Crippen molar-refractivity contribution in [3.8, 4) is 0 Å². The Balaban J connectivity index is 1.73. The minimum absolute atomic E-state index is 0.290. The average Bonchev–Trinajstić information content (AvgIpc) is 2.71. The Bertz CT molecular complexity index is 286. The number of nitrogens with one attached hydrogen (secondary N) is 1. The Hall–Kier alpha value is -0.0400. The molecule has 0 amide bonds. The molecule has 98 valence electrons. The van der Waals surface area contributed by atoms with Gasteiger partial charge in [0.05, 0.1) is 0 Å². The lowest BCUT2D eigenvalue weighted by atomic mass is 9.58. The maximum atomic E-state index is 3.84. The van der Waals surface area contributed by atoms with Crippen molar-refractivity contribution in [2.75, 3.05) is 6.54 Å². The molecule has 1 N–H and O–H groups in total. The summed E-state index contributed by atoms with van der Waals surface area (Å²) in [5.74, 6) is 3.21. The summed E-state index contributed by atoms with van der Waals surface area (Å²) in [5, 5.41) is 3.84. The van der Waals surface area contributed by atoms with Crippen molar-refractivity contribution in [3.63, 3.8) is 0 Å². The van der Waals surface area contributed by atoms with Crippen LogP contribution in [0.4, 0.5) is 0 Å². The molecule has 0 saturated heterocycles. The van der Waals surface area contributed by atoms with E-state index in [0.717, 1.165) is 17.8 Å². The molecule has 3 aliphatic rings. The van der Waals surface area contributed by atoms with E-state index >= 15 is 0 Å². The third-order valence-electron chi connectivity index (χ3n) is 5.89. The molecule has 3 atom stereocenters. The standard InChI is InChI=1S/C16H29N/c1-15(2,3)17-11-16(13-5-4-6-13)10-12-7-8-14(16)9-12/h12-14,17H,4-11H2,1-3H3. The van der Waals surface area contributed by atoms with Gasteiger partial charge in [-0.2, -0.15) is 0 Å². The maximum absolute atomic E-state index is 3.84. The summed E-state index contributed by atoms with van der Waals surface area (Å²) in [5.41, 5.74) is 0.993. The van der Waals surface area contributed by atoms with Gasteiger partial charge in [0.25, 0.3) is 0 Å². The lowest BCUT2D eigenvalue weighted by Crippen LogP contribution is -2.51. The largest absolute Gasteiger partial charge is 0.311 e. The second-order valence-electron chi connectivity index (χ2n) is 8.04. The maximum Gasteiger partial charge on any atom is 0.00967 e. The zero-order valence-electron chi connectivity index (χ0n) is 11.9. The molecule has 0 heterocycles. The Morgan fingerprint density at radius 3 is 2.24 bits per heavy atom. The minimum Gasteiger partial charge on any atom is -0.311 e. The summed E-state index contributed by atoms with van der Waals surface area (Å²) >= 11 is 0. The van der Waals surface area contributed by atoms with Crippen LogP contribution in [-0.2, 0) is 0 Å². The van der Waals surface area contributed by atoms with Crippen LogP contribution >= 0.6 is 0 Å². The van der Waals surface area contributed by atoms with Crippen molar-refractivity contribution in [3.05, 3.63) is 0 Å². The predicted molar refractivity (Wildman–Crippen MR) is 73.0 cm³/mol. The second kappa shape index (κ2) is 3.98. The highest BCUT2D eigenvalue weighted by Gasteiger charge is 2.55. The summed E-state index contributed by atoms with van der Waals surface area (Å²) in [6.07, 6.45) is 10.7. The van der Waals surface area contributed by atoms with Crippen LogP contribution in [-0.4, -0.2) is 12.1 Å². The van der Waals surface area contributed by atoms with E-state index in [2.05, 4.69) is 26.1 Å². The van der Waals surface area contributed by atoms with Gasteiger partial charge in [-0.3, -0.25) is 0 Å². The highest BCUT2D eigenvalue weighted by atomic mass is 15.0. The number of hydrogen-bond donors (Lipinski definition) is 1. The van der Waals surface area contributed by atoms with Gasteiger partial charge in [-0.15, -0.1) is 0 Å². The van der Waals surface area contributed by atoms with Crippen molar-refractivity contribution in [1.29, 1.82) is 0 Å². The van der Waals surface area contributed by atoms with Crippen LogP contribution in [0.1, 0.15) is 65.7 Å². The third kappa shape index (κ3) is 2.05. The fraction of sp³-hybridized carbons (Fsp3) is 1.00. The zero-order valence-corrected chi connectivity index (χ0v) is 11.9. The topological polar surface area (TPSA) is 12.0 Å². The van der Waals surface area contributed by atoms with Crippen LogP contribution in [0.2, 0.25) is 0 Å². The predicted octanol–water partition coefficient (Wildman–Crippen LogP) is 3.98. The van der Waals surface area contributed by atoms with E-state index in [-0.39, 0.29) is 0 Å². The first-order valence-electron chi connectivity index (χ1n) is 7.75. The summed E-state index contributed by atoms with van der Waals surface area (Å²) in [6.45, 7) is 8.24. The summed E-state index contributed by atoms with van der Waals surface area (Å²) in [6, 6.07) is 0. The van der Waals surface area contributed by atoms with Crippen LogP contribution in [0, 0.1) is 23.2 Å². The smallest absolute Gasteiger partial charge is 0.00967 e. The summed E-state index contributed by atoms with van der Waals surface area (Å²) < 4.78 is 0. The van der Waals surface area contributed by atoms with Crippen LogP contribution < -0.4 is 5.32 Å². The van der Waals surface area contributed by atoms with E-state index in [1.165, 1.54) is 38.6 Å². The molecule has 0 aromatic rings. The van der Waals surface area contributed by atoms with E-state index in [1.54, 1.807) is 12.8 Å².